The summed E-state index contributed by atoms with van der Waals surface area (Å²) >= 11 is 0. The average molecular weight is 498 g/mol. The molecule has 0 bridgehead atoms. The fourth-order valence-electron chi connectivity index (χ4n) is 2.76. The Balaban J connectivity index is 0.00000392. The fourth-order valence-corrected chi connectivity index (χ4v) is 2.76. The summed E-state index contributed by atoms with van der Waals surface area (Å²) in [6.45, 7) is 5.76. The average Bonchev–Trinajstić information content (AvgIpc) is 3.11. The first-order valence-corrected chi connectivity index (χ1v) is 9.26. The number of carbonyl (C=O) groups excluding carboxylic acids is 1. The number of benzene rings is 1. The summed E-state index contributed by atoms with van der Waals surface area (Å²) < 4.78 is 5.35. The summed E-state index contributed by atoms with van der Waals surface area (Å²) in [6, 6.07) is 10.4. The van der Waals surface area contributed by atoms with Crippen LogP contribution in [-0.4, -0.2) is 50.5 Å². The smallest absolute Gasteiger partial charge is 0.243 e. The lowest BCUT2D eigenvalue weighted by atomic mass is 10.1. The predicted octanol–water partition coefficient (Wildman–Crippen LogP) is 2.92. The SMILES string of the molecule is Cc1cc(C)cc(CCNC(=NCC(=O)N(C)C)NCCc2ccco2)c1.I. The van der Waals surface area contributed by atoms with E-state index in [1.165, 1.54) is 16.7 Å². The van der Waals surface area contributed by atoms with Crippen LogP contribution >= 0.6 is 24.0 Å². The maximum atomic E-state index is 11.8. The molecule has 2 rings (SSSR count). The van der Waals surface area contributed by atoms with Crippen molar-refractivity contribution < 1.29 is 9.21 Å². The third-order valence-electron chi connectivity index (χ3n) is 4.10. The van der Waals surface area contributed by atoms with Gasteiger partial charge in [-0.25, -0.2) is 4.99 Å². The van der Waals surface area contributed by atoms with Crippen molar-refractivity contribution in [3.63, 3.8) is 0 Å². The van der Waals surface area contributed by atoms with Crippen LogP contribution in [0, 0.1) is 13.8 Å². The Morgan fingerprint density at radius 2 is 1.71 bits per heavy atom. The Bertz CT molecular complexity index is 738. The van der Waals surface area contributed by atoms with Gasteiger partial charge in [-0.2, -0.15) is 0 Å². The summed E-state index contributed by atoms with van der Waals surface area (Å²) in [7, 11) is 3.46. The number of amides is 1. The molecular weight excluding hydrogens is 467 g/mol. The molecule has 0 atom stereocenters. The number of nitrogens with zero attached hydrogens (tertiary/aromatic N) is 2. The molecule has 0 aliphatic heterocycles. The number of aryl methyl sites for hydroxylation is 2. The van der Waals surface area contributed by atoms with Crippen LogP contribution in [0.5, 0.6) is 0 Å². The normalized spacial score (nSPS) is 10.9. The number of hydrogen-bond acceptors (Lipinski definition) is 3. The first-order valence-electron chi connectivity index (χ1n) is 9.26. The zero-order valence-electron chi connectivity index (χ0n) is 17.1. The van der Waals surface area contributed by atoms with Crippen LogP contribution in [0.4, 0.5) is 0 Å². The molecule has 1 amide bonds. The molecule has 0 saturated carbocycles. The van der Waals surface area contributed by atoms with Gasteiger partial charge in [0.05, 0.1) is 6.26 Å². The number of carbonyl (C=O) groups is 1. The summed E-state index contributed by atoms with van der Waals surface area (Å²) in [5.41, 5.74) is 3.83. The van der Waals surface area contributed by atoms with Gasteiger partial charge >= 0.3 is 0 Å². The van der Waals surface area contributed by atoms with E-state index in [0.29, 0.717) is 12.5 Å². The maximum Gasteiger partial charge on any atom is 0.243 e. The number of furan rings is 1. The lowest BCUT2D eigenvalue weighted by molar-refractivity contribution is -0.127. The van der Waals surface area contributed by atoms with Crippen LogP contribution in [0.2, 0.25) is 0 Å². The van der Waals surface area contributed by atoms with Crippen LogP contribution in [0.25, 0.3) is 0 Å². The number of nitrogens with one attached hydrogen (secondary N) is 2. The zero-order chi connectivity index (χ0) is 19.6. The molecule has 1 heterocycles. The van der Waals surface area contributed by atoms with Gasteiger partial charge in [0.2, 0.25) is 5.91 Å². The van der Waals surface area contributed by atoms with Crippen molar-refractivity contribution >= 4 is 35.8 Å². The number of rotatable bonds is 8. The van der Waals surface area contributed by atoms with Gasteiger partial charge in [-0.3, -0.25) is 4.79 Å². The van der Waals surface area contributed by atoms with E-state index in [2.05, 4.69) is 47.7 Å². The molecule has 28 heavy (non-hydrogen) atoms. The second-order valence-corrected chi connectivity index (χ2v) is 6.88. The van der Waals surface area contributed by atoms with Gasteiger partial charge in [0, 0.05) is 33.6 Å². The molecule has 1 aromatic heterocycles. The Morgan fingerprint density at radius 3 is 2.29 bits per heavy atom. The number of hydrogen-bond donors (Lipinski definition) is 2. The molecule has 7 heteroatoms. The van der Waals surface area contributed by atoms with Crippen LogP contribution in [-0.2, 0) is 17.6 Å². The third kappa shape index (κ3) is 8.77. The highest BCUT2D eigenvalue weighted by Gasteiger charge is 2.05. The number of aliphatic imine (C=N–C) groups is 1. The second-order valence-electron chi connectivity index (χ2n) is 6.88. The van der Waals surface area contributed by atoms with Crippen molar-refractivity contribution in [3.8, 4) is 0 Å². The summed E-state index contributed by atoms with van der Waals surface area (Å²) in [4.78, 5) is 17.8. The fraction of sp³-hybridized carbons (Fsp3) is 0.429. The van der Waals surface area contributed by atoms with Crippen molar-refractivity contribution in [1.29, 1.82) is 0 Å². The number of likely N-dealkylation sites (N-methyl/N-ethyl adjacent to an activating group) is 1. The van der Waals surface area contributed by atoms with Crippen LogP contribution < -0.4 is 10.6 Å². The third-order valence-corrected chi connectivity index (χ3v) is 4.10. The van der Waals surface area contributed by atoms with Crippen molar-refractivity contribution in [2.24, 2.45) is 4.99 Å². The van der Waals surface area contributed by atoms with Crippen molar-refractivity contribution in [3.05, 3.63) is 59.0 Å². The molecule has 0 radical (unpaired) electrons. The van der Waals surface area contributed by atoms with Crippen molar-refractivity contribution in [1.82, 2.24) is 15.5 Å². The van der Waals surface area contributed by atoms with Crippen molar-refractivity contribution in [2.75, 3.05) is 33.7 Å². The highest BCUT2D eigenvalue weighted by Crippen LogP contribution is 2.09. The van der Waals surface area contributed by atoms with Gasteiger partial charge < -0.3 is 20.0 Å². The lowest BCUT2D eigenvalue weighted by Gasteiger charge is -2.14. The van der Waals surface area contributed by atoms with Crippen LogP contribution in [0.1, 0.15) is 22.5 Å². The highest BCUT2D eigenvalue weighted by atomic mass is 127. The molecule has 0 aliphatic rings. The minimum atomic E-state index is -0.0311. The van der Waals surface area contributed by atoms with Gasteiger partial charge in [0.1, 0.15) is 12.3 Å². The molecule has 2 aromatic rings. The van der Waals surface area contributed by atoms with E-state index in [9.17, 15) is 4.79 Å². The van der Waals surface area contributed by atoms with Crippen LogP contribution in [0.15, 0.2) is 46.0 Å². The predicted molar refractivity (Wildman–Crippen MR) is 124 cm³/mol. The largest absolute Gasteiger partial charge is 0.469 e. The minimum absolute atomic E-state index is 0. The summed E-state index contributed by atoms with van der Waals surface area (Å²) in [5, 5.41) is 6.59. The van der Waals surface area contributed by atoms with E-state index in [4.69, 9.17) is 4.42 Å². The van der Waals surface area contributed by atoms with E-state index in [1.54, 1.807) is 25.3 Å². The molecule has 0 saturated heterocycles. The topological polar surface area (TPSA) is 69.9 Å². The molecular formula is C21H31IN4O2. The minimum Gasteiger partial charge on any atom is -0.469 e. The first kappa shape index (κ1) is 24.0. The van der Waals surface area contributed by atoms with Gasteiger partial charge in [-0.05, 0) is 38.0 Å². The number of halogens is 1. The van der Waals surface area contributed by atoms with Gasteiger partial charge in [0.25, 0.3) is 0 Å². The lowest BCUT2D eigenvalue weighted by Crippen LogP contribution is -2.40. The maximum absolute atomic E-state index is 11.8. The highest BCUT2D eigenvalue weighted by molar-refractivity contribution is 14.0. The van der Waals surface area contributed by atoms with Gasteiger partial charge in [-0.15, -0.1) is 24.0 Å². The monoisotopic (exact) mass is 498 g/mol. The zero-order valence-corrected chi connectivity index (χ0v) is 19.4. The summed E-state index contributed by atoms with van der Waals surface area (Å²) in [5.74, 6) is 1.53. The van der Waals surface area contributed by atoms with E-state index < -0.39 is 0 Å². The van der Waals surface area contributed by atoms with E-state index in [0.717, 1.165) is 25.1 Å². The molecule has 0 aliphatic carbocycles. The molecule has 0 spiro atoms. The van der Waals surface area contributed by atoms with Gasteiger partial charge in [0.15, 0.2) is 5.96 Å². The molecule has 154 valence electrons. The van der Waals surface area contributed by atoms with E-state index in [-0.39, 0.29) is 36.4 Å². The Morgan fingerprint density at radius 1 is 1.07 bits per heavy atom. The Kier molecular flexibility index (Phi) is 10.7. The van der Waals surface area contributed by atoms with Crippen LogP contribution in [0.3, 0.4) is 0 Å². The Labute approximate surface area is 184 Å². The molecule has 0 unspecified atom stereocenters. The van der Waals surface area contributed by atoms with E-state index >= 15 is 0 Å². The Hall–Kier alpha value is -2.03. The quantitative estimate of drug-likeness (QED) is 0.334. The molecule has 1 aromatic carbocycles. The molecule has 0 fully saturated rings. The molecule has 6 nitrogen and oxygen atoms in total. The molecule has 2 N–H and O–H groups in total. The second kappa shape index (κ2) is 12.4. The summed E-state index contributed by atoms with van der Waals surface area (Å²) in [6.07, 6.45) is 3.32. The van der Waals surface area contributed by atoms with Gasteiger partial charge in [-0.1, -0.05) is 29.3 Å². The van der Waals surface area contributed by atoms with E-state index in [1.807, 2.05) is 12.1 Å². The number of guanidine groups is 1. The van der Waals surface area contributed by atoms with Crippen molar-refractivity contribution in [2.45, 2.75) is 26.7 Å². The first-order chi connectivity index (χ1) is 12.9. The standard InChI is InChI=1S/C21H30N4O2.HI/c1-16-12-17(2)14-18(13-16)7-9-22-21(24-15-20(26)25(3)4)23-10-8-19-6-5-11-27-19;/h5-6,11-14H,7-10,15H2,1-4H3,(H2,22,23,24);1H.